The summed E-state index contributed by atoms with van der Waals surface area (Å²) in [5.41, 5.74) is 1.05. The van der Waals surface area contributed by atoms with Gasteiger partial charge in [-0.1, -0.05) is 43.7 Å². The Morgan fingerprint density at radius 1 is 1.20 bits per heavy atom. The molecule has 2 saturated heterocycles. The molecule has 3 heteroatoms. The van der Waals surface area contributed by atoms with Gasteiger partial charge in [0, 0.05) is 12.1 Å². The lowest BCUT2D eigenvalue weighted by Gasteiger charge is -2.37. The number of carbonyl (C=O) groups excluding carboxylic acids is 1. The van der Waals surface area contributed by atoms with E-state index in [9.17, 15) is 4.79 Å². The molecular weight excluding hydrogens is 250 g/mol. The summed E-state index contributed by atoms with van der Waals surface area (Å²) in [4.78, 5) is 14.4. The molecular formula is C17H23NO2. The van der Waals surface area contributed by atoms with Gasteiger partial charge in [0.25, 0.3) is 0 Å². The Hall–Kier alpha value is -1.51. The van der Waals surface area contributed by atoms with Crippen molar-refractivity contribution >= 4 is 6.09 Å². The minimum Gasteiger partial charge on any atom is -0.445 e. The number of rotatable bonds is 3. The summed E-state index contributed by atoms with van der Waals surface area (Å²) in [5.74, 6) is 0.797. The number of fused-ring (bicyclic) bond motifs is 2. The molecule has 0 aromatic heterocycles. The van der Waals surface area contributed by atoms with E-state index < -0.39 is 0 Å². The van der Waals surface area contributed by atoms with Gasteiger partial charge in [0.1, 0.15) is 6.61 Å². The highest BCUT2D eigenvalue weighted by molar-refractivity contribution is 5.69. The van der Waals surface area contributed by atoms with Gasteiger partial charge >= 0.3 is 6.09 Å². The van der Waals surface area contributed by atoms with E-state index in [-0.39, 0.29) is 6.09 Å². The highest BCUT2D eigenvalue weighted by atomic mass is 16.6. The first-order valence-corrected chi connectivity index (χ1v) is 7.77. The topological polar surface area (TPSA) is 29.5 Å². The molecule has 1 aromatic carbocycles. The second kappa shape index (κ2) is 5.86. The van der Waals surface area contributed by atoms with Gasteiger partial charge in [0.15, 0.2) is 0 Å². The van der Waals surface area contributed by atoms with Gasteiger partial charge in [-0.05, 0) is 37.2 Å². The molecule has 2 aliphatic rings. The van der Waals surface area contributed by atoms with E-state index in [0.717, 1.165) is 37.2 Å². The van der Waals surface area contributed by atoms with Crippen LogP contribution < -0.4 is 0 Å². The van der Waals surface area contributed by atoms with Crippen molar-refractivity contribution in [3.8, 4) is 0 Å². The van der Waals surface area contributed by atoms with E-state index in [1.807, 2.05) is 35.2 Å². The van der Waals surface area contributed by atoms with Crippen molar-refractivity contribution in [3.05, 3.63) is 35.9 Å². The minimum absolute atomic E-state index is 0.115. The fourth-order valence-corrected chi connectivity index (χ4v) is 3.72. The molecule has 2 unspecified atom stereocenters. The van der Waals surface area contributed by atoms with Crippen molar-refractivity contribution in [2.24, 2.45) is 5.92 Å². The van der Waals surface area contributed by atoms with Crippen LogP contribution in [0.15, 0.2) is 30.3 Å². The molecule has 2 heterocycles. The maximum atomic E-state index is 12.3. The maximum Gasteiger partial charge on any atom is 0.410 e. The predicted octanol–water partition coefficient (Wildman–Crippen LogP) is 3.98. The molecule has 0 N–H and O–H groups in total. The zero-order valence-electron chi connectivity index (χ0n) is 12.1. The van der Waals surface area contributed by atoms with Crippen LogP contribution in [-0.4, -0.2) is 23.1 Å². The Kier molecular flexibility index (Phi) is 3.95. The molecule has 1 aromatic rings. The smallest absolute Gasteiger partial charge is 0.410 e. The quantitative estimate of drug-likeness (QED) is 0.833. The average Bonchev–Trinajstić information content (AvgIpc) is 2.76. The molecule has 20 heavy (non-hydrogen) atoms. The summed E-state index contributed by atoms with van der Waals surface area (Å²) in [7, 11) is 0. The predicted molar refractivity (Wildman–Crippen MR) is 78.3 cm³/mol. The largest absolute Gasteiger partial charge is 0.445 e. The molecule has 2 atom stereocenters. The van der Waals surface area contributed by atoms with Crippen molar-refractivity contribution < 1.29 is 9.53 Å². The van der Waals surface area contributed by atoms with Gasteiger partial charge in [-0.3, -0.25) is 0 Å². The van der Waals surface area contributed by atoms with Crippen molar-refractivity contribution in [1.82, 2.24) is 4.90 Å². The third kappa shape index (κ3) is 2.67. The van der Waals surface area contributed by atoms with Gasteiger partial charge in [-0.2, -0.15) is 0 Å². The van der Waals surface area contributed by atoms with Gasteiger partial charge in [0.05, 0.1) is 0 Å². The van der Waals surface area contributed by atoms with Crippen molar-refractivity contribution in [2.45, 2.75) is 57.7 Å². The van der Waals surface area contributed by atoms with Gasteiger partial charge < -0.3 is 9.64 Å². The van der Waals surface area contributed by atoms with Crippen LogP contribution in [-0.2, 0) is 11.3 Å². The van der Waals surface area contributed by atoms with Crippen LogP contribution in [0.3, 0.4) is 0 Å². The summed E-state index contributed by atoms with van der Waals surface area (Å²) in [6.45, 7) is 2.64. The molecule has 0 saturated carbocycles. The van der Waals surface area contributed by atoms with Crippen molar-refractivity contribution in [1.29, 1.82) is 0 Å². The Balaban J connectivity index is 1.58. The van der Waals surface area contributed by atoms with E-state index in [1.54, 1.807) is 0 Å². The number of benzene rings is 1. The molecule has 2 aliphatic heterocycles. The van der Waals surface area contributed by atoms with E-state index in [4.69, 9.17) is 4.74 Å². The van der Waals surface area contributed by atoms with E-state index >= 15 is 0 Å². The van der Waals surface area contributed by atoms with E-state index in [2.05, 4.69) is 6.92 Å². The summed E-state index contributed by atoms with van der Waals surface area (Å²) in [6, 6.07) is 10.7. The number of carbonyl (C=O) groups is 1. The fraction of sp³-hybridized carbons (Fsp3) is 0.588. The van der Waals surface area contributed by atoms with Crippen LogP contribution in [0.2, 0.25) is 0 Å². The molecule has 3 rings (SSSR count). The van der Waals surface area contributed by atoms with Crippen molar-refractivity contribution in [3.63, 3.8) is 0 Å². The first-order chi connectivity index (χ1) is 9.78. The number of piperidine rings is 1. The molecule has 2 fully saturated rings. The highest BCUT2D eigenvalue weighted by Gasteiger charge is 2.43. The number of hydrogen-bond donors (Lipinski definition) is 0. The lowest BCUT2D eigenvalue weighted by Crippen LogP contribution is -2.46. The summed E-state index contributed by atoms with van der Waals surface area (Å²) >= 11 is 0. The number of hydrogen-bond acceptors (Lipinski definition) is 2. The van der Waals surface area contributed by atoms with Crippen LogP contribution in [0.5, 0.6) is 0 Å². The average molecular weight is 273 g/mol. The normalized spacial score (nSPS) is 28.4. The minimum atomic E-state index is -0.115. The summed E-state index contributed by atoms with van der Waals surface area (Å²) in [6.07, 6.45) is 5.75. The molecule has 3 nitrogen and oxygen atoms in total. The molecule has 2 bridgehead atoms. The second-order valence-electron chi connectivity index (χ2n) is 6.08. The van der Waals surface area contributed by atoms with Crippen LogP contribution in [0.4, 0.5) is 4.79 Å². The number of ether oxygens (including phenoxy) is 1. The van der Waals surface area contributed by atoms with Gasteiger partial charge in [-0.15, -0.1) is 0 Å². The highest BCUT2D eigenvalue weighted by Crippen LogP contribution is 2.40. The zero-order chi connectivity index (χ0) is 13.9. The van der Waals surface area contributed by atoms with Crippen LogP contribution >= 0.6 is 0 Å². The third-order valence-electron chi connectivity index (χ3n) is 4.82. The lowest BCUT2D eigenvalue weighted by molar-refractivity contribution is 0.0526. The summed E-state index contributed by atoms with van der Waals surface area (Å²) < 4.78 is 5.50. The SMILES string of the molecule is CCC1CC2CCC(C1)N2C(=O)OCc1ccccc1. The zero-order valence-corrected chi connectivity index (χ0v) is 12.1. The molecule has 1 amide bonds. The van der Waals surface area contributed by atoms with Gasteiger partial charge in [-0.25, -0.2) is 4.79 Å². The maximum absolute atomic E-state index is 12.3. The molecule has 0 spiro atoms. The molecule has 0 aliphatic carbocycles. The van der Waals surface area contributed by atoms with Gasteiger partial charge in [0.2, 0.25) is 0 Å². The Morgan fingerprint density at radius 3 is 2.45 bits per heavy atom. The standard InChI is InChI=1S/C17H23NO2/c1-2-13-10-15-8-9-16(11-13)18(15)17(19)20-12-14-6-4-3-5-7-14/h3-7,13,15-16H,2,8-12H2,1H3. The first kappa shape index (κ1) is 13.5. The van der Waals surface area contributed by atoms with E-state index in [1.165, 1.54) is 6.42 Å². The lowest BCUT2D eigenvalue weighted by atomic mass is 9.89. The van der Waals surface area contributed by atoms with Crippen molar-refractivity contribution in [2.75, 3.05) is 0 Å². The summed E-state index contributed by atoms with van der Waals surface area (Å²) in [5, 5.41) is 0. The monoisotopic (exact) mass is 273 g/mol. The van der Waals surface area contributed by atoms with Crippen LogP contribution in [0.1, 0.15) is 44.6 Å². The number of amides is 1. The first-order valence-electron chi connectivity index (χ1n) is 7.77. The fourth-order valence-electron chi connectivity index (χ4n) is 3.72. The molecule has 108 valence electrons. The Morgan fingerprint density at radius 2 is 1.85 bits per heavy atom. The second-order valence-corrected chi connectivity index (χ2v) is 6.08. The van der Waals surface area contributed by atoms with Crippen LogP contribution in [0.25, 0.3) is 0 Å². The Bertz CT molecular complexity index is 445. The van der Waals surface area contributed by atoms with E-state index in [0.29, 0.717) is 18.7 Å². The van der Waals surface area contributed by atoms with Crippen LogP contribution in [0, 0.1) is 5.92 Å². The Labute approximate surface area is 120 Å². The number of nitrogens with zero attached hydrogens (tertiary/aromatic N) is 1. The third-order valence-corrected chi connectivity index (χ3v) is 4.82. The molecule has 0 radical (unpaired) electrons.